The number of benzene rings is 2. The highest BCUT2D eigenvalue weighted by Gasteiger charge is 2.40. The van der Waals surface area contributed by atoms with Crippen molar-refractivity contribution in [3.05, 3.63) is 55.0 Å². The molecule has 3 heterocycles. The largest absolute Gasteiger partial charge is 0.490 e. The number of likely N-dealkylation sites (tertiary alicyclic amines) is 1. The van der Waals surface area contributed by atoms with Gasteiger partial charge in [0.25, 0.3) is 6.47 Å². The molecular weight excluding hydrogens is 436 g/mol. The third-order valence-corrected chi connectivity index (χ3v) is 6.65. The van der Waals surface area contributed by atoms with E-state index in [1.54, 1.807) is 12.5 Å². The van der Waals surface area contributed by atoms with Gasteiger partial charge >= 0.3 is 0 Å². The number of fused-ring (bicyclic) bond motifs is 1. The minimum absolute atomic E-state index is 0.0143. The average Bonchev–Trinajstić information content (AvgIpc) is 3.50. The van der Waals surface area contributed by atoms with E-state index >= 15 is 0 Å². The van der Waals surface area contributed by atoms with Crippen LogP contribution in [0, 0.1) is 0 Å². The smallest absolute Gasteiger partial charge is 0.290 e. The van der Waals surface area contributed by atoms with Crippen LogP contribution in [0.4, 0.5) is 0 Å². The Kier molecular flexibility index (Phi) is 7.49. The summed E-state index contributed by atoms with van der Waals surface area (Å²) in [4.78, 5) is 22.2. The first-order valence-electron chi connectivity index (χ1n) is 11.5. The second-order valence-electron chi connectivity index (χ2n) is 8.87. The molecule has 1 spiro atoms. The van der Waals surface area contributed by atoms with E-state index in [1.165, 1.54) is 0 Å². The summed E-state index contributed by atoms with van der Waals surface area (Å²) in [5.74, 6) is 0.913. The Hall–Kier alpha value is -3.36. The second-order valence-corrected chi connectivity index (χ2v) is 8.87. The van der Waals surface area contributed by atoms with Crippen molar-refractivity contribution in [1.29, 1.82) is 0 Å². The number of amides is 1. The Morgan fingerprint density at radius 1 is 1.15 bits per heavy atom. The van der Waals surface area contributed by atoms with Crippen LogP contribution in [0.5, 0.6) is 5.75 Å². The number of nitrogens with one attached hydrogen (secondary N) is 1. The van der Waals surface area contributed by atoms with E-state index in [0.717, 1.165) is 60.0 Å². The van der Waals surface area contributed by atoms with E-state index in [2.05, 4.69) is 22.3 Å². The number of carboxylic acid groups (broad SMARTS) is 1. The summed E-state index contributed by atoms with van der Waals surface area (Å²) in [7, 11) is 0. The van der Waals surface area contributed by atoms with Crippen molar-refractivity contribution in [2.24, 2.45) is 0 Å². The monoisotopic (exact) mass is 466 g/mol. The number of nitrogens with zero attached hydrogens (tertiary/aromatic N) is 1. The van der Waals surface area contributed by atoms with Crippen molar-refractivity contribution in [2.75, 3.05) is 26.2 Å². The lowest BCUT2D eigenvalue weighted by Crippen LogP contribution is -2.52. The number of piperidine rings is 1. The van der Waals surface area contributed by atoms with Crippen LogP contribution in [0.2, 0.25) is 0 Å². The highest BCUT2D eigenvalue weighted by atomic mass is 16.5. The number of rotatable bonds is 6. The van der Waals surface area contributed by atoms with Crippen molar-refractivity contribution in [2.45, 2.75) is 37.3 Å². The Morgan fingerprint density at radius 2 is 1.91 bits per heavy atom. The third kappa shape index (κ3) is 5.40. The molecule has 2 aliphatic heterocycles. The Balaban J connectivity index is 0.000000868. The number of carbonyl (C=O) groups excluding carboxylic acids is 1. The third-order valence-electron chi connectivity index (χ3n) is 6.65. The lowest BCUT2D eigenvalue weighted by atomic mass is 9.86. The van der Waals surface area contributed by atoms with Crippen LogP contribution in [0.1, 0.15) is 25.7 Å². The second kappa shape index (κ2) is 10.7. The molecule has 3 N–H and O–H groups in total. The molecule has 180 valence electrons. The van der Waals surface area contributed by atoms with Gasteiger partial charge in [0.05, 0.1) is 12.5 Å². The van der Waals surface area contributed by atoms with Crippen molar-refractivity contribution in [1.82, 2.24) is 10.2 Å². The number of ether oxygens (including phenoxy) is 1. The molecule has 2 aromatic carbocycles. The molecule has 34 heavy (non-hydrogen) atoms. The summed E-state index contributed by atoms with van der Waals surface area (Å²) >= 11 is 0. The topological polar surface area (TPSA) is 112 Å². The van der Waals surface area contributed by atoms with Crippen molar-refractivity contribution in [3.8, 4) is 16.9 Å². The standard InChI is InChI=1S/C25H28N2O4.CH2O2/c28-20(15-27-12-10-25(11-13-27)9-7-23(29)26-25)17-31-22-6-5-18-3-1-2-4-21(18)24(22)19-8-14-30-16-19;2-1-3/h1-6,8,14,16,20,28H,7,9-13,15,17H2,(H,26,29);1H,(H,2,3). The first kappa shape index (κ1) is 23.8. The Bertz CT molecular complexity index is 1110. The van der Waals surface area contributed by atoms with Crippen molar-refractivity contribution >= 4 is 23.2 Å². The minimum Gasteiger partial charge on any atom is -0.490 e. The van der Waals surface area contributed by atoms with E-state index < -0.39 is 6.10 Å². The summed E-state index contributed by atoms with van der Waals surface area (Å²) in [6, 6.07) is 14.1. The van der Waals surface area contributed by atoms with Gasteiger partial charge in [0.2, 0.25) is 5.91 Å². The predicted octanol–water partition coefficient (Wildman–Crippen LogP) is 3.28. The van der Waals surface area contributed by atoms with Gasteiger partial charge in [-0.1, -0.05) is 30.3 Å². The molecule has 0 aliphatic carbocycles. The van der Waals surface area contributed by atoms with E-state index in [9.17, 15) is 9.90 Å². The first-order chi connectivity index (χ1) is 16.5. The number of carbonyl (C=O) groups is 2. The Morgan fingerprint density at radius 3 is 2.59 bits per heavy atom. The maximum Gasteiger partial charge on any atom is 0.290 e. The molecule has 8 heteroatoms. The van der Waals surface area contributed by atoms with Crippen LogP contribution in [0.25, 0.3) is 21.9 Å². The molecule has 2 saturated heterocycles. The molecule has 0 radical (unpaired) electrons. The zero-order valence-corrected chi connectivity index (χ0v) is 19.0. The van der Waals surface area contributed by atoms with Crippen LogP contribution >= 0.6 is 0 Å². The number of aliphatic hydroxyl groups excluding tert-OH is 1. The Labute approximate surface area is 198 Å². The molecule has 1 unspecified atom stereocenters. The number of hydrogen-bond donors (Lipinski definition) is 3. The molecule has 1 aromatic heterocycles. The van der Waals surface area contributed by atoms with Crippen LogP contribution in [0.3, 0.4) is 0 Å². The van der Waals surface area contributed by atoms with Gasteiger partial charge in [-0.3, -0.25) is 9.59 Å². The molecule has 1 atom stereocenters. The summed E-state index contributed by atoms with van der Waals surface area (Å²) in [6.45, 7) is 2.31. The molecule has 2 aliphatic rings. The van der Waals surface area contributed by atoms with E-state index in [1.807, 2.05) is 30.3 Å². The van der Waals surface area contributed by atoms with E-state index in [0.29, 0.717) is 13.0 Å². The lowest BCUT2D eigenvalue weighted by molar-refractivity contribution is -0.123. The average molecular weight is 467 g/mol. The minimum atomic E-state index is -0.587. The van der Waals surface area contributed by atoms with Crippen LogP contribution < -0.4 is 10.1 Å². The molecule has 1 amide bonds. The van der Waals surface area contributed by atoms with Crippen LogP contribution in [0.15, 0.2) is 59.4 Å². The lowest BCUT2D eigenvalue weighted by Gasteiger charge is -2.39. The normalized spacial score (nSPS) is 18.2. The van der Waals surface area contributed by atoms with Gasteiger partial charge in [-0.05, 0) is 42.2 Å². The van der Waals surface area contributed by atoms with E-state index in [-0.39, 0.29) is 24.5 Å². The zero-order chi connectivity index (χ0) is 24.0. The maximum absolute atomic E-state index is 11.6. The molecule has 5 rings (SSSR count). The summed E-state index contributed by atoms with van der Waals surface area (Å²) in [5, 5.41) is 22.9. The van der Waals surface area contributed by atoms with Gasteiger partial charge in [0, 0.05) is 42.7 Å². The fourth-order valence-corrected chi connectivity index (χ4v) is 4.93. The molecule has 2 fully saturated rings. The van der Waals surface area contributed by atoms with Gasteiger partial charge in [-0.15, -0.1) is 0 Å². The molecule has 8 nitrogen and oxygen atoms in total. The van der Waals surface area contributed by atoms with Gasteiger partial charge in [0.15, 0.2) is 0 Å². The molecular formula is C26H30N2O6. The van der Waals surface area contributed by atoms with E-state index in [4.69, 9.17) is 19.1 Å². The molecule has 0 bridgehead atoms. The highest BCUT2D eigenvalue weighted by molar-refractivity contribution is 5.99. The van der Waals surface area contributed by atoms with Gasteiger partial charge < -0.3 is 29.6 Å². The first-order valence-corrected chi connectivity index (χ1v) is 11.5. The van der Waals surface area contributed by atoms with Crippen LogP contribution in [-0.4, -0.2) is 65.4 Å². The summed E-state index contributed by atoms with van der Waals surface area (Å²) in [5.41, 5.74) is 1.93. The number of hydrogen-bond acceptors (Lipinski definition) is 6. The van der Waals surface area contributed by atoms with Gasteiger partial charge in [0.1, 0.15) is 18.5 Å². The summed E-state index contributed by atoms with van der Waals surface area (Å²) < 4.78 is 11.4. The number of aliphatic hydroxyl groups is 1. The maximum atomic E-state index is 11.6. The van der Waals surface area contributed by atoms with Gasteiger partial charge in [-0.2, -0.15) is 0 Å². The van der Waals surface area contributed by atoms with Gasteiger partial charge in [-0.25, -0.2) is 0 Å². The fourth-order valence-electron chi connectivity index (χ4n) is 4.93. The van der Waals surface area contributed by atoms with Crippen molar-refractivity contribution in [3.63, 3.8) is 0 Å². The SMILES string of the molecule is O=C1CCC2(CCN(CC(O)COc3ccc4ccccc4c3-c3ccoc3)CC2)N1.O=CO. The van der Waals surface area contributed by atoms with Crippen molar-refractivity contribution < 1.29 is 29.0 Å². The summed E-state index contributed by atoms with van der Waals surface area (Å²) in [6.07, 6.45) is 6.26. The zero-order valence-electron chi connectivity index (χ0n) is 19.0. The number of furan rings is 1. The quantitative estimate of drug-likeness (QED) is 0.478. The fraction of sp³-hybridized carbons (Fsp3) is 0.385. The highest BCUT2D eigenvalue weighted by Crippen LogP contribution is 2.37. The predicted molar refractivity (Wildman–Crippen MR) is 128 cm³/mol. The molecule has 0 saturated carbocycles. The van der Waals surface area contributed by atoms with Crippen LogP contribution in [-0.2, 0) is 9.59 Å². The molecule has 3 aromatic rings. The number of β-amino-alcohol motifs (C(OH)–C–C–N with tert-alkyl or cyclic N) is 1.